The SMILES string of the molecule is CC(C)C(=O)N(Cc1ccc(Cl)cc1)[C@H](Cc1ccccc1)C(=O)NC[C@@H]1CCCO1. The number of carbonyl (C=O) groups is 2. The molecule has 0 saturated carbocycles. The van der Waals surface area contributed by atoms with E-state index in [1.807, 2.05) is 56.3 Å². The number of hydrogen-bond donors (Lipinski definition) is 1. The molecule has 0 aliphatic carbocycles. The molecule has 0 unspecified atom stereocenters. The topological polar surface area (TPSA) is 58.6 Å². The first kappa shape index (κ1) is 23.3. The van der Waals surface area contributed by atoms with E-state index in [0.29, 0.717) is 24.5 Å². The fourth-order valence-electron chi connectivity index (χ4n) is 3.78. The predicted molar refractivity (Wildman–Crippen MR) is 123 cm³/mol. The minimum Gasteiger partial charge on any atom is -0.376 e. The maximum atomic E-state index is 13.3. The lowest BCUT2D eigenvalue weighted by Crippen LogP contribution is -2.52. The van der Waals surface area contributed by atoms with Gasteiger partial charge < -0.3 is 15.0 Å². The first-order valence-electron chi connectivity index (χ1n) is 10.9. The smallest absolute Gasteiger partial charge is 0.243 e. The lowest BCUT2D eigenvalue weighted by atomic mass is 10.0. The van der Waals surface area contributed by atoms with E-state index < -0.39 is 6.04 Å². The van der Waals surface area contributed by atoms with Crippen molar-refractivity contribution in [1.82, 2.24) is 10.2 Å². The molecule has 1 N–H and O–H groups in total. The Hall–Kier alpha value is -2.37. The number of carbonyl (C=O) groups excluding carboxylic acids is 2. The molecule has 5 nitrogen and oxygen atoms in total. The van der Waals surface area contributed by atoms with E-state index >= 15 is 0 Å². The molecule has 166 valence electrons. The molecule has 1 heterocycles. The summed E-state index contributed by atoms with van der Waals surface area (Å²) in [5.74, 6) is -0.429. The summed E-state index contributed by atoms with van der Waals surface area (Å²) < 4.78 is 5.65. The van der Waals surface area contributed by atoms with Crippen LogP contribution in [-0.2, 0) is 27.3 Å². The van der Waals surface area contributed by atoms with Gasteiger partial charge in [-0.2, -0.15) is 0 Å². The average molecular weight is 443 g/mol. The van der Waals surface area contributed by atoms with E-state index in [-0.39, 0.29) is 23.8 Å². The van der Waals surface area contributed by atoms with E-state index in [4.69, 9.17) is 16.3 Å². The second-order valence-corrected chi connectivity index (χ2v) is 8.77. The second-order valence-electron chi connectivity index (χ2n) is 8.33. The number of amides is 2. The lowest BCUT2D eigenvalue weighted by Gasteiger charge is -2.33. The monoisotopic (exact) mass is 442 g/mol. The lowest BCUT2D eigenvalue weighted by molar-refractivity contribution is -0.143. The number of nitrogens with zero attached hydrogens (tertiary/aromatic N) is 1. The summed E-state index contributed by atoms with van der Waals surface area (Å²) in [6.07, 6.45) is 2.46. The number of nitrogens with one attached hydrogen (secondary N) is 1. The molecule has 0 bridgehead atoms. The molecule has 2 atom stereocenters. The summed E-state index contributed by atoms with van der Waals surface area (Å²) in [6, 6.07) is 16.6. The van der Waals surface area contributed by atoms with Crippen LogP contribution in [0.5, 0.6) is 0 Å². The Morgan fingerprint density at radius 1 is 1.10 bits per heavy atom. The van der Waals surface area contributed by atoms with E-state index in [0.717, 1.165) is 30.6 Å². The van der Waals surface area contributed by atoms with Gasteiger partial charge in [-0.25, -0.2) is 0 Å². The quantitative estimate of drug-likeness (QED) is 0.632. The van der Waals surface area contributed by atoms with Crippen molar-refractivity contribution >= 4 is 23.4 Å². The Balaban J connectivity index is 1.85. The van der Waals surface area contributed by atoms with Crippen molar-refractivity contribution in [1.29, 1.82) is 0 Å². The second kappa shape index (κ2) is 11.3. The first-order valence-corrected chi connectivity index (χ1v) is 11.3. The van der Waals surface area contributed by atoms with Crippen molar-refractivity contribution in [2.24, 2.45) is 5.92 Å². The predicted octanol–water partition coefficient (Wildman–Crippen LogP) is 4.23. The summed E-state index contributed by atoms with van der Waals surface area (Å²) in [6.45, 7) is 5.28. The van der Waals surface area contributed by atoms with E-state index in [9.17, 15) is 9.59 Å². The highest BCUT2D eigenvalue weighted by Crippen LogP contribution is 2.19. The normalized spacial score (nSPS) is 16.8. The van der Waals surface area contributed by atoms with Gasteiger partial charge in [0.25, 0.3) is 0 Å². The Kier molecular flexibility index (Phi) is 8.50. The molecule has 2 amide bonds. The minimum absolute atomic E-state index is 0.0480. The van der Waals surface area contributed by atoms with Gasteiger partial charge in [-0.3, -0.25) is 9.59 Å². The fourth-order valence-corrected chi connectivity index (χ4v) is 3.91. The van der Waals surface area contributed by atoms with Gasteiger partial charge >= 0.3 is 0 Å². The zero-order valence-electron chi connectivity index (χ0n) is 18.2. The van der Waals surface area contributed by atoms with Gasteiger partial charge in [0.05, 0.1) is 6.10 Å². The van der Waals surface area contributed by atoms with Crippen LogP contribution in [-0.4, -0.2) is 42.0 Å². The van der Waals surface area contributed by atoms with Crippen LogP contribution in [0.2, 0.25) is 5.02 Å². The van der Waals surface area contributed by atoms with Crippen LogP contribution in [0.15, 0.2) is 54.6 Å². The van der Waals surface area contributed by atoms with E-state index in [1.165, 1.54) is 0 Å². The molecule has 1 aliphatic heterocycles. The Morgan fingerprint density at radius 3 is 2.42 bits per heavy atom. The van der Waals surface area contributed by atoms with Crippen LogP contribution in [0.25, 0.3) is 0 Å². The van der Waals surface area contributed by atoms with Crippen LogP contribution in [0, 0.1) is 5.92 Å². The van der Waals surface area contributed by atoms with Gasteiger partial charge in [0.2, 0.25) is 11.8 Å². The molecular weight excluding hydrogens is 412 g/mol. The first-order chi connectivity index (χ1) is 14.9. The highest BCUT2D eigenvalue weighted by Gasteiger charge is 2.32. The van der Waals surface area contributed by atoms with Crippen molar-refractivity contribution in [2.75, 3.05) is 13.2 Å². The zero-order chi connectivity index (χ0) is 22.2. The van der Waals surface area contributed by atoms with Gasteiger partial charge in [0.1, 0.15) is 6.04 Å². The molecule has 3 rings (SSSR count). The summed E-state index contributed by atoms with van der Waals surface area (Å²) in [5.41, 5.74) is 1.95. The standard InChI is InChI=1S/C25H31ClN2O3/c1-18(2)25(30)28(17-20-10-12-21(26)13-11-20)23(15-19-7-4-3-5-8-19)24(29)27-16-22-9-6-14-31-22/h3-5,7-8,10-13,18,22-23H,6,9,14-17H2,1-2H3,(H,27,29)/t22-,23+/m0/s1. The third-order valence-corrected chi connectivity index (χ3v) is 5.77. The van der Waals surface area contributed by atoms with Gasteiger partial charge in [0, 0.05) is 37.1 Å². The van der Waals surface area contributed by atoms with Crippen molar-refractivity contribution in [2.45, 2.75) is 51.8 Å². The van der Waals surface area contributed by atoms with Crippen LogP contribution in [0.4, 0.5) is 0 Å². The summed E-state index contributed by atoms with van der Waals surface area (Å²) in [4.78, 5) is 28.2. The van der Waals surface area contributed by atoms with Crippen LogP contribution >= 0.6 is 11.6 Å². The zero-order valence-corrected chi connectivity index (χ0v) is 19.0. The molecule has 1 aliphatic rings. The van der Waals surface area contributed by atoms with Gasteiger partial charge in [-0.05, 0) is 36.1 Å². The van der Waals surface area contributed by atoms with Gasteiger partial charge in [0.15, 0.2) is 0 Å². The minimum atomic E-state index is -0.616. The third kappa shape index (κ3) is 6.81. The molecule has 0 aromatic heterocycles. The highest BCUT2D eigenvalue weighted by molar-refractivity contribution is 6.30. The average Bonchev–Trinajstić information content (AvgIpc) is 3.29. The van der Waals surface area contributed by atoms with E-state index in [2.05, 4.69) is 5.32 Å². The van der Waals surface area contributed by atoms with Gasteiger partial charge in [-0.15, -0.1) is 0 Å². The molecular formula is C25H31ClN2O3. The molecule has 2 aromatic carbocycles. The van der Waals surface area contributed by atoms with Crippen molar-refractivity contribution in [3.63, 3.8) is 0 Å². The summed E-state index contributed by atoms with van der Waals surface area (Å²) in [7, 11) is 0. The van der Waals surface area contributed by atoms with Crippen LogP contribution in [0.3, 0.4) is 0 Å². The third-order valence-electron chi connectivity index (χ3n) is 5.52. The summed E-state index contributed by atoms with van der Waals surface area (Å²) in [5, 5.41) is 3.67. The summed E-state index contributed by atoms with van der Waals surface area (Å²) >= 11 is 6.03. The fraction of sp³-hybridized carbons (Fsp3) is 0.440. The molecule has 1 fully saturated rings. The molecule has 6 heteroatoms. The van der Waals surface area contributed by atoms with Crippen LogP contribution in [0.1, 0.15) is 37.8 Å². The highest BCUT2D eigenvalue weighted by atomic mass is 35.5. The molecule has 2 aromatic rings. The van der Waals surface area contributed by atoms with Gasteiger partial charge in [-0.1, -0.05) is 67.9 Å². The molecule has 31 heavy (non-hydrogen) atoms. The maximum Gasteiger partial charge on any atom is 0.243 e. The molecule has 0 radical (unpaired) electrons. The Morgan fingerprint density at radius 2 is 1.81 bits per heavy atom. The van der Waals surface area contributed by atoms with Crippen molar-refractivity contribution in [3.8, 4) is 0 Å². The Labute approximate surface area is 189 Å². The number of halogens is 1. The Bertz CT molecular complexity index is 849. The van der Waals surface area contributed by atoms with Crippen molar-refractivity contribution < 1.29 is 14.3 Å². The van der Waals surface area contributed by atoms with Crippen molar-refractivity contribution in [3.05, 3.63) is 70.7 Å². The molecule has 1 saturated heterocycles. The van der Waals surface area contributed by atoms with Crippen LogP contribution < -0.4 is 5.32 Å². The number of benzene rings is 2. The molecule has 0 spiro atoms. The maximum absolute atomic E-state index is 13.3. The number of rotatable bonds is 9. The number of ether oxygens (including phenoxy) is 1. The number of hydrogen-bond acceptors (Lipinski definition) is 3. The largest absolute Gasteiger partial charge is 0.376 e. The van der Waals surface area contributed by atoms with E-state index in [1.54, 1.807) is 17.0 Å².